The zero-order chi connectivity index (χ0) is 12.3. The van der Waals surface area contributed by atoms with Crippen LogP contribution in [0.2, 0.25) is 0 Å². The fraction of sp³-hybridized carbons (Fsp3) is 1.00. The van der Waals surface area contributed by atoms with E-state index in [1.54, 1.807) is 0 Å². The summed E-state index contributed by atoms with van der Waals surface area (Å²) in [5.41, 5.74) is 0. The Morgan fingerprint density at radius 1 is 1.00 bits per heavy atom. The van der Waals surface area contributed by atoms with E-state index in [9.17, 15) is 0 Å². The van der Waals surface area contributed by atoms with Crippen LogP contribution in [0.4, 0.5) is 0 Å². The molecule has 0 spiro atoms. The molecule has 1 fully saturated rings. The number of nitrogens with zero attached hydrogens (tertiary/aromatic N) is 2. The molecule has 1 rings (SSSR count). The van der Waals surface area contributed by atoms with Gasteiger partial charge in [-0.15, -0.1) is 0 Å². The zero-order valence-electron chi connectivity index (χ0n) is 11.6. The minimum absolute atomic E-state index is 0.886. The van der Waals surface area contributed by atoms with Gasteiger partial charge in [0, 0.05) is 39.3 Å². The smallest absolute Gasteiger partial charge is 0.0593 e. The maximum absolute atomic E-state index is 5.62. The quantitative estimate of drug-likeness (QED) is 0.602. The van der Waals surface area contributed by atoms with Crippen LogP contribution in [0.1, 0.15) is 19.8 Å². The molecule has 1 heterocycles. The molecule has 4 nitrogen and oxygen atoms in total. The van der Waals surface area contributed by atoms with E-state index in [2.05, 4.69) is 22.0 Å². The van der Waals surface area contributed by atoms with Crippen LogP contribution in [-0.2, 0) is 4.74 Å². The van der Waals surface area contributed by atoms with Gasteiger partial charge in [0.05, 0.1) is 6.61 Å². The third kappa shape index (κ3) is 6.99. The Hall–Kier alpha value is -0.160. The molecule has 0 saturated carbocycles. The molecule has 0 aromatic heterocycles. The van der Waals surface area contributed by atoms with Gasteiger partial charge >= 0.3 is 0 Å². The van der Waals surface area contributed by atoms with Crippen molar-refractivity contribution in [3.8, 4) is 0 Å². The van der Waals surface area contributed by atoms with Crippen molar-refractivity contribution in [3.63, 3.8) is 0 Å². The van der Waals surface area contributed by atoms with Crippen molar-refractivity contribution in [2.45, 2.75) is 19.8 Å². The number of hydrogen-bond donors (Lipinski definition) is 1. The number of hydrogen-bond acceptors (Lipinski definition) is 4. The Balaban J connectivity index is 1.91. The first kappa shape index (κ1) is 14.9. The second-order valence-corrected chi connectivity index (χ2v) is 4.75. The van der Waals surface area contributed by atoms with Crippen molar-refractivity contribution in [1.29, 1.82) is 0 Å². The molecule has 0 amide bonds. The summed E-state index contributed by atoms with van der Waals surface area (Å²) in [6.07, 6.45) is 2.38. The fourth-order valence-electron chi connectivity index (χ4n) is 2.20. The number of ether oxygens (including phenoxy) is 1. The van der Waals surface area contributed by atoms with Crippen LogP contribution in [-0.4, -0.2) is 75.9 Å². The summed E-state index contributed by atoms with van der Waals surface area (Å²) in [7, 11) is 1.98. The fourth-order valence-corrected chi connectivity index (χ4v) is 2.20. The van der Waals surface area contributed by atoms with Gasteiger partial charge in [-0.2, -0.15) is 0 Å². The molecule has 0 radical (unpaired) electrons. The summed E-state index contributed by atoms with van der Waals surface area (Å²) in [6.45, 7) is 12.3. The molecule has 4 heteroatoms. The van der Waals surface area contributed by atoms with Gasteiger partial charge in [-0.3, -0.25) is 4.90 Å². The summed E-state index contributed by atoms with van der Waals surface area (Å²) in [5, 5.41) is 3.13. The van der Waals surface area contributed by atoms with Gasteiger partial charge in [0.25, 0.3) is 0 Å². The Kier molecular flexibility index (Phi) is 8.61. The first-order valence-electron chi connectivity index (χ1n) is 7.04. The van der Waals surface area contributed by atoms with Gasteiger partial charge in [-0.05, 0) is 33.0 Å². The molecule has 1 N–H and O–H groups in total. The van der Waals surface area contributed by atoms with Gasteiger partial charge in [0.2, 0.25) is 0 Å². The highest BCUT2D eigenvalue weighted by Crippen LogP contribution is 2.01. The van der Waals surface area contributed by atoms with Crippen LogP contribution in [0.3, 0.4) is 0 Å². The lowest BCUT2D eigenvalue weighted by atomic mass is 10.3. The van der Waals surface area contributed by atoms with E-state index in [4.69, 9.17) is 4.74 Å². The first-order valence-corrected chi connectivity index (χ1v) is 7.04. The summed E-state index contributed by atoms with van der Waals surface area (Å²) in [5.74, 6) is 0. The third-order valence-electron chi connectivity index (χ3n) is 3.27. The molecule has 1 aliphatic heterocycles. The average molecular weight is 243 g/mol. The van der Waals surface area contributed by atoms with E-state index >= 15 is 0 Å². The zero-order valence-corrected chi connectivity index (χ0v) is 11.6. The molecule has 0 atom stereocenters. The van der Waals surface area contributed by atoms with Crippen LogP contribution in [0.15, 0.2) is 0 Å². The Bertz CT molecular complexity index is 170. The van der Waals surface area contributed by atoms with E-state index in [0.717, 1.165) is 32.7 Å². The van der Waals surface area contributed by atoms with Crippen LogP contribution >= 0.6 is 0 Å². The van der Waals surface area contributed by atoms with Gasteiger partial charge < -0.3 is 15.0 Å². The minimum Gasteiger partial charge on any atom is -0.380 e. The molecule has 0 aromatic rings. The van der Waals surface area contributed by atoms with Gasteiger partial charge in [-0.25, -0.2) is 0 Å². The maximum Gasteiger partial charge on any atom is 0.0593 e. The second kappa shape index (κ2) is 9.83. The van der Waals surface area contributed by atoms with Crippen molar-refractivity contribution in [2.24, 2.45) is 0 Å². The van der Waals surface area contributed by atoms with Gasteiger partial charge in [-0.1, -0.05) is 6.92 Å². The predicted molar refractivity (Wildman–Crippen MR) is 72.5 cm³/mol. The lowest BCUT2D eigenvalue weighted by molar-refractivity contribution is 0.0748. The molecule has 0 bridgehead atoms. The van der Waals surface area contributed by atoms with E-state index in [1.807, 2.05) is 7.05 Å². The molecule has 1 aliphatic rings. The SMILES string of the molecule is CCCN1CCN(CCOCCCNC)CC1. The molecule has 17 heavy (non-hydrogen) atoms. The second-order valence-electron chi connectivity index (χ2n) is 4.75. The van der Waals surface area contributed by atoms with Crippen LogP contribution in [0.5, 0.6) is 0 Å². The lowest BCUT2D eigenvalue weighted by Crippen LogP contribution is -2.47. The van der Waals surface area contributed by atoms with E-state index in [1.165, 1.54) is 39.1 Å². The molecular formula is C13H29N3O. The van der Waals surface area contributed by atoms with Gasteiger partial charge in [0.1, 0.15) is 0 Å². The van der Waals surface area contributed by atoms with E-state index < -0.39 is 0 Å². The van der Waals surface area contributed by atoms with Crippen LogP contribution < -0.4 is 5.32 Å². The number of rotatable bonds is 9. The highest BCUT2D eigenvalue weighted by molar-refractivity contribution is 4.71. The van der Waals surface area contributed by atoms with Crippen molar-refractivity contribution in [3.05, 3.63) is 0 Å². The van der Waals surface area contributed by atoms with Crippen molar-refractivity contribution >= 4 is 0 Å². The number of piperazine rings is 1. The van der Waals surface area contributed by atoms with Crippen molar-refractivity contribution in [2.75, 3.05) is 66.1 Å². The molecule has 0 unspecified atom stereocenters. The minimum atomic E-state index is 0.886. The summed E-state index contributed by atoms with van der Waals surface area (Å²) in [6, 6.07) is 0. The van der Waals surface area contributed by atoms with E-state index in [-0.39, 0.29) is 0 Å². The summed E-state index contributed by atoms with van der Waals surface area (Å²) in [4.78, 5) is 5.08. The largest absolute Gasteiger partial charge is 0.380 e. The molecular weight excluding hydrogens is 214 g/mol. The van der Waals surface area contributed by atoms with Crippen LogP contribution in [0.25, 0.3) is 0 Å². The third-order valence-corrected chi connectivity index (χ3v) is 3.27. The Labute approximate surface area is 106 Å². The highest BCUT2D eigenvalue weighted by atomic mass is 16.5. The standard InChI is InChI=1S/C13H29N3O/c1-3-6-15-7-9-16(10-8-15)11-13-17-12-4-5-14-2/h14H,3-13H2,1-2H3. The molecule has 1 saturated heterocycles. The Morgan fingerprint density at radius 3 is 2.24 bits per heavy atom. The monoisotopic (exact) mass is 243 g/mol. The van der Waals surface area contributed by atoms with E-state index in [0.29, 0.717) is 0 Å². The topological polar surface area (TPSA) is 27.7 Å². The van der Waals surface area contributed by atoms with Gasteiger partial charge in [0.15, 0.2) is 0 Å². The maximum atomic E-state index is 5.62. The predicted octanol–water partition coefficient (Wildman–Crippen LogP) is 0.640. The van der Waals surface area contributed by atoms with Crippen molar-refractivity contribution in [1.82, 2.24) is 15.1 Å². The lowest BCUT2D eigenvalue weighted by Gasteiger charge is -2.34. The first-order chi connectivity index (χ1) is 8.36. The molecule has 102 valence electrons. The number of nitrogens with one attached hydrogen (secondary N) is 1. The normalized spacial score (nSPS) is 18.7. The highest BCUT2D eigenvalue weighted by Gasteiger charge is 2.15. The Morgan fingerprint density at radius 2 is 1.65 bits per heavy atom. The molecule has 0 aromatic carbocycles. The average Bonchev–Trinajstić information content (AvgIpc) is 2.36. The molecule has 0 aliphatic carbocycles. The summed E-state index contributed by atoms with van der Waals surface area (Å²) < 4.78 is 5.62. The van der Waals surface area contributed by atoms with Crippen molar-refractivity contribution < 1.29 is 4.74 Å². The summed E-state index contributed by atoms with van der Waals surface area (Å²) >= 11 is 0. The van der Waals surface area contributed by atoms with Crippen LogP contribution in [0, 0.1) is 0 Å².